The number of halogens is 2. The third-order valence-electron chi connectivity index (χ3n) is 9.26. The molecular formula is C32H46F2O2. The van der Waals surface area contributed by atoms with Crippen molar-refractivity contribution < 1.29 is 18.6 Å². The number of hydrogen-bond donors (Lipinski definition) is 1. The molecule has 2 aliphatic carbocycles. The van der Waals surface area contributed by atoms with E-state index in [2.05, 4.69) is 25.2 Å². The first-order valence-corrected chi connectivity index (χ1v) is 14.6. The summed E-state index contributed by atoms with van der Waals surface area (Å²) in [5.41, 5.74) is 1.16. The first-order chi connectivity index (χ1) is 17.5. The van der Waals surface area contributed by atoms with Crippen molar-refractivity contribution in [2.24, 2.45) is 23.7 Å². The molecule has 3 atom stereocenters. The summed E-state index contributed by atoms with van der Waals surface area (Å²) in [6, 6.07) is 2.73. The second kappa shape index (κ2) is 13.7. The lowest BCUT2D eigenvalue weighted by Crippen LogP contribution is -2.32. The van der Waals surface area contributed by atoms with E-state index < -0.39 is 17.4 Å². The average Bonchev–Trinajstić information content (AvgIpc) is 2.92. The minimum Gasteiger partial charge on any atom is -0.505 e. The van der Waals surface area contributed by atoms with E-state index in [1.807, 2.05) is 0 Å². The maximum Gasteiger partial charge on any atom is 0.200 e. The molecule has 1 saturated carbocycles. The summed E-state index contributed by atoms with van der Waals surface area (Å²) >= 11 is 0. The van der Waals surface area contributed by atoms with Crippen LogP contribution >= 0.6 is 0 Å². The van der Waals surface area contributed by atoms with Gasteiger partial charge in [0.1, 0.15) is 0 Å². The van der Waals surface area contributed by atoms with Crippen LogP contribution in [0.25, 0.3) is 5.57 Å². The van der Waals surface area contributed by atoms with E-state index in [0.717, 1.165) is 62.0 Å². The molecule has 1 aromatic rings. The maximum atomic E-state index is 14.2. The highest BCUT2D eigenvalue weighted by atomic mass is 19.2. The lowest BCUT2D eigenvalue weighted by atomic mass is 9.72. The molecule has 200 valence electrons. The van der Waals surface area contributed by atoms with E-state index in [9.17, 15) is 13.9 Å². The smallest absolute Gasteiger partial charge is 0.200 e. The fourth-order valence-corrected chi connectivity index (χ4v) is 6.84. The second-order valence-corrected chi connectivity index (χ2v) is 11.6. The minimum atomic E-state index is -1.15. The van der Waals surface area contributed by atoms with E-state index in [1.165, 1.54) is 76.3 Å². The Morgan fingerprint density at radius 2 is 1.69 bits per heavy atom. The highest BCUT2D eigenvalue weighted by Gasteiger charge is 2.31. The molecule has 0 aromatic heterocycles. The molecule has 0 radical (unpaired) electrons. The highest BCUT2D eigenvalue weighted by Crippen LogP contribution is 2.40. The molecule has 4 rings (SSSR count). The topological polar surface area (TPSA) is 29.5 Å². The van der Waals surface area contributed by atoms with Gasteiger partial charge in [-0.05, 0) is 119 Å². The lowest BCUT2D eigenvalue weighted by molar-refractivity contribution is -0.0443. The number of aromatic hydroxyl groups is 1. The Labute approximate surface area is 217 Å². The zero-order valence-corrected chi connectivity index (χ0v) is 22.2. The molecule has 0 bridgehead atoms. The van der Waals surface area contributed by atoms with Gasteiger partial charge in [-0.2, -0.15) is 4.39 Å². The van der Waals surface area contributed by atoms with Crippen molar-refractivity contribution in [1.82, 2.24) is 0 Å². The van der Waals surface area contributed by atoms with Gasteiger partial charge in [0.2, 0.25) is 5.82 Å². The van der Waals surface area contributed by atoms with E-state index in [1.54, 1.807) is 0 Å². The monoisotopic (exact) mass is 500 g/mol. The molecule has 0 spiro atoms. The molecule has 36 heavy (non-hydrogen) atoms. The van der Waals surface area contributed by atoms with Crippen LogP contribution in [-0.2, 0) is 4.74 Å². The fraction of sp³-hybridized carbons (Fsp3) is 0.688. The van der Waals surface area contributed by atoms with Crippen LogP contribution in [0, 0.1) is 35.3 Å². The zero-order chi connectivity index (χ0) is 25.3. The van der Waals surface area contributed by atoms with Gasteiger partial charge in [0, 0.05) is 5.56 Å². The number of phenols is 1. The number of benzene rings is 1. The van der Waals surface area contributed by atoms with Crippen molar-refractivity contribution in [2.45, 2.75) is 109 Å². The van der Waals surface area contributed by atoms with E-state index >= 15 is 0 Å². The van der Waals surface area contributed by atoms with Crippen LogP contribution in [0.4, 0.5) is 8.78 Å². The first-order valence-electron chi connectivity index (χ1n) is 14.6. The Morgan fingerprint density at radius 3 is 2.39 bits per heavy atom. The van der Waals surface area contributed by atoms with E-state index in [0.29, 0.717) is 17.6 Å². The molecule has 2 fully saturated rings. The Balaban J connectivity index is 1.11. The number of ether oxygens (including phenoxy) is 1. The quantitative estimate of drug-likeness (QED) is 0.256. The Hall–Kier alpha value is -1.68. The molecule has 1 saturated heterocycles. The van der Waals surface area contributed by atoms with Crippen molar-refractivity contribution in [1.29, 1.82) is 0 Å². The third kappa shape index (κ3) is 7.43. The van der Waals surface area contributed by atoms with Crippen molar-refractivity contribution >= 4 is 5.57 Å². The van der Waals surface area contributed by atoms with Gasteiger partial charge in [-0.15, -0.1) is 0 Å². The zero-order valence-electron chi connectivity index (χ0n) is 22.2. The van der Waals surface area contributed by atoms with Crippen molar-refractivity contribution in [2.75, 3.05) is 6.61 Å². The maximum absolute atomic E-state index is 14.2. The predicted octanol–water partition coefficient (Wildman–Crippen LogP) is 9.37. The van der Waals surface area contributed by atoms with E-state index in [4.69, 9.17) is 4.74 Å². The van der Waals surface area contributed by atoms with E-state index in [-0.39, 0.29) is 0 Å². The Kier molecular flexibility index (Phi) is 10.4. The normalized spacial score (nSPS) is 29.4. The SMILES string of the molecule is C/C=C/CCCCC1CCC(C2CCC(CCC3CC=C(c4ccc(O)c(F)c4F)CC3)OC2)CC1. The van der Waals surface area contributed by atoms with Gasteiger partial charge in [0.15, 0.2) is 11.6 Å². The summed E-state index contributed by atoms with van der Waals surface area (Å²) in [6.45, 7) is 3.06. The second-order valence-electron chi connectivity index (χ2n) is 11.6. The average molecular weight is 501 g/mol. The van der Waals surface area contributed by atoms with Crippen LogP contribution < -0.4 is 0 Å². The Bertz CT molecular complexity index is 876. The number of allylic oxidation sites excluding steroid dienone is 4. The number of hydrogen-bond acceptors (Lipinski definition) is 2. The summed E-state index contributed by atoms with van der Waals surface area (Å²) < 4.78 is 34.3. The van der Waals surface area contributed by atoms with Crippen molar-refractivity contribution in [3.8, 4) is 5.75 Å². The number of unbranched alkanes of at least 4 members (excludes halogenated alkanes) is 2. The highest BCUT2D eigenvalue weighted by molar-refractivity contribution is 5.67. The van der Waals surface area contributed by atoms with Crippen LogP contribution in [0.15, 0.2) is 30.4 Å². The van der Waals surface area contributed by atoms with Gasteiger partial charge in [-0.1, -0.05) is 43.9 Å². The molecular weight excluding hydrogens is 454 g/mol. The molecule has 1 aromatic carbocycles. The molecule has 1 aliphatic heterocycles. The fourth-order valence-electron chi connectivity index (χ4n) is 6.84. The first kappa shape index (κ1) is 27.4. The minimum absolute atomic E-state index is 0.295. The van der Waals surface area contributed by atoms with Crippen LogP contribution in [0.1, 0.15) is 109 Å². The van der Waals surface area contributed by atoms with Gasteiger partial charge < -0.3 is 9.84 Å². The molecule has 3 aliphatic rings. The standard InChI is InChI=1S/C32H46F2O2/c1-2-3-4-5-6-7-23-8-13-25(14-9-23)27-17-19-28(36-22-27)18-12-24-10-15-26(16-11-24)29-20-21-30(35)32(34)31(29)33/h2-3,15,20-21,23-25,27-28,35H,4-14,16-19,22H2,1H3/b3-2+. The van der Waals surface area contributed by atoms with Crippen LogP contribution in [0.5, 0.6) is 5.75 Å². The van der Waals surface area contributed by atoms with Gasteiger partial charge >= 0.3 is 0 Å². The third-order valence-corrected chi connectivity index (χ3v) is 9.26. The molecule has 4 heteroatoms. The summed E-state index contributed by atoms with van der Waals surface area (Å²) in [5, 5.41) is 9.36. The van der Waals surface area contributed by atoms with Gasteiger partial charge in [0.25, 0.3) is 0 Å². The number of phenolic OH excluding ortho intramolecular Hbond substituents is 1. The lowest BCUT2D eigenvalue weighted by Gasteiger charge is -2.38. The summed E-state index contributed by atoms with van der Waals surface area (Å²) in [7, 11) is 0. The largest absolute Gasteiger partial charge is 0.505 e. The Morgan fingerprint density at radius 1 is 0.889 bits per heavy atom. The summed E-state index contributed by atoms with van der Waals surface area (Å²) in [5.74, 6) is 0.478. The summed E-state index contributed by atoms with van der Waals surface area (Å²) in [4.78, 5) is 0. The van der Waals surface area contributed by atoms with Crippen LogP contribution in [0.2, 0.25) is 0 Å². The van der Waals surface area contributed by atoms with Gasteiger partial charge in [-0.25, -0.2) is 4.39 Å². The molecule has 0 amide bonds. The van der Waals surface area contributed by atoms with Crippen molar-refractivity contribution in [3.05, 3.63) is 47.6 Å². The van der Waals surface area contributed by atoms with Crippen molar-refractivity contribution in [3.63, 3.8) is 0 Å². The molecule has 1 N–H and O–H groups in total. The van der Waals surface area contributed by atoms with Gasteiger partial charge in [0.05, 0.1) is 12.7 Å². The van der Waals surface area contributed by atoms with Crippen LogP contribution in [0.3, 0.4) is 0 Å². The number of rotatable bonds is 10. The molecule has 1 heterocycles. The van der Waals surface area contributed by atoms with Gasteiger partial charge in [-0.3, -0.25) is 0 Å². The predicted molar refractivity (Wildman–Crippen MR) is 144 cm³/mol. The van der Waals surface area contributed by atoms with Crippen LogP contribution in [-0.4, -0.2) is 17.8 Å². The molecule has 2 nitrogen and oxygen atoms in total. The molecule has 3 unspecified atom stereocenters. The summed E-state index contributed by atoms with van der Waals surface area (Å²) in [6.07, 6.45) is 25.4.